The average Bonchev–Trinajstić information content (AvgIpc) is 2.38. The molecule has 1 aromatic heterocycles. The van der Waals surface area contributed by atoms with Crippen molar-refractivity contribution in [3.63, 3.8) is 0 Å². The second-order valence-electron chi connectivity index (χ2n) is 4.25. The van der Waals surface area contributed by atoms with Crippen molar-refractivity contribution < 1.29 is 13.3 Å². The Labute approximate surface area is 120 Å². The van der Waals surface area contributed by atoms with Crippen molar-refractivity contribution in [1.29, 1.82) is 0 Å². The zero-order valence-electron chi connectivity index (χ0n) is 11.0. The van der Waals surface area contributed by atoms with Gasteiger partial charge in [-0.05, 0) is 30.7 Å². The van der Waals surface area contributed by atoms with E-state index in [-0.39, 0.29) is 16.4 Å². The number of nitrogens with zero attached hydrogens (tertiary/aromatic N) is 2. The van der Waals surface area contributed by atoms with E-state index in [4.69, 9.17) is 5.73 Å². The third-order valence-corrected chi connectivity index (χ3v) is 4.21. The van der Waals surface area contributed by atoms with Gasteiger partial charge in [-0.25, -0.2) is 13.4 Å². The molecule has 1 aromatic carbocycles. The third kappa shape index (κ3) is 3.08. The number of aromatic nitrogens is 1. The summed E-state index contributed by atoms with van der Waals surface area (Å²) in [6.45, 7) is 1.51. The van der Waals surface area contributed by atoms with Gasteiger partial charge in [0, 0.05) is 12.3 Å². The smallest absolute Gasteiger partial charge is 0.293 e. The maximum absolute atomic E-state index is 12.3. The highest BCUT2D eigenvalue weighted by Gasteiger charge is 2.23. The molecular weight excluding hydrogens is 296 g/mol. The van der Waals surface area contributed by atoms with Gasteiger partial charge in [0.15, 0.2) is 0 Å². The highest BCUT2D eigenvalue weighted by Crippen LogP contribution is 2.29. The van der Waals surface area contributed by atoms with Crippen LogP contribution < -0.4 is 10.5 Å². The van der Waals surface area contributed by atoms with E-state index in [0.29, 0.717) is 5.56 Å². The molecule has 0 saturated carbocycles. The maximum atomic E-state index is 12.3. The van der Waals surface area contributed by atoms with E-state index >= 15 is 0 Å². The predicted molar refractivity (Wildman–Crippen MR) is 77.3 cm³/mol. The lowest BCUT2D eigenvalue weighted by Crippen LogP contribution is -2.15. The number of nitrogen functional groups attached to an aromatic ring is 1. The lowest BCUT2D eigenvalue weighted by Gasteiger charge is -2.10. The quantitative estimate of drug-likeness (QED) is 0.502. The van der Waals surface area contributed by atoms with E-state index in [1.165, 1.54) is 25.3 Å². The molecule has 0 radical (unpaired) electrons. The number of hydrogen-bond donors (Lipinski definition) is 2. The summed E-state index contributed by atoms with van der Waals surface area (Å²) in [5.74, 6) is 0.122. The number of rotatable bonds is 4. The highest BCUT2D eigenvalue weighted by atomic mass is 32.2. The lowest BCUT2D eigenvalue weighted by molar-refractivity contribution is -0.384. The first-order chi connectivity index (χ1) is 9.81. The Kier molecular flexibility index (Phi) is 3.76. The minimum atomic E-state index is -3.99. The molecule has 8 nitrogen and oxygen atoms in total. The molecule has 0 atom stereocenters. The molecule has 0 aliphatic carbocycles. The molecule has 0 amide bonds. The first kappa shape index (κ1) is 14.7. The largest absolute Gasteiger partial charge is 0.393 e. The van der Waals surface area contributed by atoms with Crippen molar-refractivity contribution >= 4 is 27.2 Å². The second kappa shape index (κ2) is 5.37. The number of nitrogens with one attached hydrogen (secondary N) is 1. The maximum Gasteiger partial charge on any atom is 0.293 e. The number of nitrogens with two attached hydrogens (primary N) is 1. The molecule has 3 N–H and O–H groups in total. The molecule has 9 heteroatoms. The number of aryl methyl sites for hydroxylation is 1. The Morgan fingerprint density at radius 3 is 2.62 bits per heavy atom. The summed E-state index contributed by atoms with van der Waals surface area (Å²) in [6, 6.07) is 6.92. The predicted octanol–water partition coefficient (Wildman–Crippen LogP) is 1.68. The Morgan fingerprint density at radius 1 is 1.33 bits per heavy atom. The topological polar surface area (TPSA) is 128 Å². The van der Waals surface area contributed by atoms with E-state index < -0.39 is 20.6 Å². The van der Waals surface area contributed by atoms with Crippen molar-refractivity contribution in [3.05, 3.63) is 52.2 Å². The minimum Gasteiger partial charge on any atom is -0.393 e. The summed E-state index contributed by atoms with van der Waals surface area (Å²) in [6.07, 6.45) is 1.43. The Bertz CT molecular complexity index is 790. The Morgan fingerprint density at radius 2 is 2.05 bits per heavy atom. The van der Waals surface area contributed by atoms with Crippen molar-refractivity contribution in [2.75, 3.05) is 10.5 Å². The fraction of sp³-hybridized carbons (Fsp3) is 0.0833. The van der Waals surface area contributed by atoms with Gasteiger partial charge in [0.05, 0.1) is 9.82 Å². The molecule has 21 heavy (non-hydrogen) atoms. The molecule has 0 bridgehead atoms. The number of pyridine rings is 1. The van der Waals surface area contributed by atoms with Crippen LogP contribution in [0.25, 0.3) is 0 Å². The summed E-state index contributed by atoms with van der Waals surface area (Å²) in [5, 5.41) is 10.9. The SMILES string of the molecule is Cc1cc(N)c([N+](=O)[O-])cc1S(=O)(=O)Nc1ccccn1. The summed E-state index contributed by atoms with van der Waals surface area (Å²) >= 11 is 0. The van der Waals surface area contributed by atoms with Crippen molar-refractivity contribution in [2.24, 2.45) is 0 Å². The highest BCUT2D eigenvalue weighted by molar-refractivity contribution is 7.92. The van der Waals surface area contributed by atoms with Crippen LogP contribution in [0.15, 0.2) is 41.4 Å². The van der Waals surface area contributed by atoms with Crippen LogP contribution in [0.4, 0.5) is 17.2 Å². The zero-order chi connectivity index (χ0) is 15.6. The molecule has 110 valence electrons. The molecule has 2 rings (SSSR count). The van der Waals surface area contributed by atoms with Crippen LogP contribution in [0.5, 0.6) is 0 Å². The van der Waals surface area contributed by atoms with E-state index in [1.54, 1.807) is 12.1 Å². The van der Waals surface area contributed by atoms with Gasteiger partial charge in [-0.15, -0.1) is 0 Å². The molecule has 2 aromatic rings. The second-order valence-corrected chi connectivity index (χ2v) is 5.90. The molecular formula is C12H12N4O4S. The van der Waals surface area contributed by atoms with Crippen LogP contribution in [0.1, 0.15) is 5.56 Å². The van der Waals surface area contributed by atoms with Gasteiger partial charge in [0.1, 0.15) is 11.5 Å². The number of benzene rings is 1. The van der Waals surface area contributed by atoms with Crippen LogP contribution in [-0.4, -0.2) is 18.3 Å². The zero-order valence-corrected chi connectivity index (χ0v) is 11.8. The van der Waals surface area contributed by atoms with Crippen molar-refractivity contribution in [2.45, 2.75) is 11.8 Å². The third-order valence-electron chi connectivity index (χ3n) is 2.71. The number of hydrogen-bond acceptors (Lipinski definition) is 6. The Hall–Kier alpha value is -2.68. The van der Waals surface area contributed by atoms with Gasteiger partial charge < -0.3 is 5.73 Å². The van der Waals surface area contributed by atoms with Gasteiger partial charge in [-0.1, -0.05) is 6.07 Å². The fourth-order valence-corrected chi connectivity index (χ4v) is 3.02. The normalized spacial score (nSPS) is 11.1. The minimum absolute atomic E-state index is 0.0886. The van der Waals surface area contributed by atoms with Crippen LogP contribution in [0.3, 0.4) is 0 Å². The monoisotopic (exact) mass is 308 g/mol. The molecule has 0 fully saturated rings. The van der Waals surface area contributed by atoms with Crippen LogP contribution in [0, 0.1) is 17.0 Å². The summed E-state index contributed by atoms with van der Waals surface area (Å²) in [4.78, 5) is 13.8. The van der Waals surface area contributed by atoms with Gasteiger partial charge in [-0.3, -0.25) is 14.8 Å². The van der Waals surface area contributed by atoms with Crippen molar-refractivity contribution in [1.82, 2.24) is 4.98 Å². The molecule has 0 spiro atoms. The van der Waals surface area contributed by atoms with Gasteiger partial charge in [0.2, 0.25) is 0 Å². The molecule has 0 saturated heterocycles. The van der Waals surface area contributed by atoms with E-state index in [1.807, 2.05) is 0 Å². The van der Waals surface area contributed by atoms with Crippen molar-refractivity contribution in [3.8, 4) is 0 Å². The summed E-state index contributed by atoms with van der Waals surface area (Å²) < 4.78 is 26.8. The Balaban J connectivity index is 2.50. The molecule has 1 heterocycles. The standard InChI is InChI=1S/C12H12N4O4S/c1-8-6-9(13)10(16(17)18)7-11(8)21(19,20)15-12-4-2-3-5-14-12/h2-7H,13H2,1H3,(H,14,15). The number of nitro groups is 1. The summed E-state index contributed by atoms with van der Waals surface area (Å²) in [7, 11) is -3.99. The molecule has 0 unspecified atom stereocenters. The van der Waals surface area contributed by atoms with Gasteiger partial charge in [0.25, 0.3) is 15.7 Å². The van der Waals surface area contributed by atoms with Gasteiger partial charge in [-0.2, -0.15) is 0 Å². The first-order valence-electron chi connectivity index (χ1n) is 5.79. The average molecular weight is 308 g/mol. The first-order valence-corrected chi connectivity index (χ1v) is 7.28. The van der Waals surface area contributed by atoms with Gasteiger partial charge >= 0.3 is 0 Å². The molecule has 0 aliphatic heterocycles. The molecule has 0 aliphatic rings. The number of nitro benzene ring substituents is 1. The van der Waals surface area contributed by atoms with E-state index in [9.17, 15) is 18.5 Å². The fourth-order valence-electron chi connectivity index (χ4n) is 1.76. The lowest BCUT2D eigenvalue weighted by atomic mass is 10.2. The number of sulfonamides is 1. The van der Waals surface area contributed by atoms with Crippen LogP contribution in [0.2, 0.25) is 0 Å². The van der Waals surface area contributed by atoms with Crippen LogP contribution in [-0.2, 0) is 10.0 Å². The van der Waals surface area contributed by atoms with E-state index in [2.05, 4.69) is 9.71 Å². The van der Waals surface area contributed by atoms with E-state index in [0.717, 1.165) is 6.07 Å². The number of anilines is 2. The summed E-state index contributed by atoms with van der Waals surface area (Å²) in [5.41, 5.74) is 5.28. The van der Waals surface area contributed by atoms with Crippen LogP contribution >= 0.6 is 0 Å².